The van der Waals surface area contributed by atoms with Crippen LogP contribution in [0.3, 0.4) is 0 Å². The number of nitrogens with zero attached hydrogens (tertiary/aromatic N) is 2. The van der Waals surface area contributed by atoms with Crippen molar-refractivity contribution in [2.45, 2.75) is 13.5 Å². The van der Waals surface area contributed by atoms with Gasteiger partial charge in [-0.3, -0.25) is 9.48 Å². The monoisotopic (exact) mass is 183 g/mol. The average molecular weight is 183 g/mol. The second-order valence-corrected chi connectivity index (χ2v) is 2.92. The molecule has 0 aliphatic heterocycles. The summed E-state index contributed by atoms with van der Waals surface area (Å²) in [6.45, 7) is 2.27. The lowest BCUT2D eigenvalue weighted by Crippen LogP contribution is -2.18. The van der Waals surface area contributed by atoms with E-state index >= 15 is 0 Å². The highest BCUT2D eigenvalue weighted by molar-refractivity contribution is 5.71. The van der Waals surface area contributed by atoms with Gasteiger partial charge in [-0.25, -0.2) is 0 Å². The number of hydrogen-bond acceptors (Lipinski definition) is 4. The minimum atomic E-state index is -0.242. The van der Waals surface area contributed by atoms with Crippen LogP contribution in [0, 0.1) is 5.92 Å². The molecule has 0 aliphatic rings. The third-order valence-corrected chi connectivity index (χ3v) is 1.72. The molecule has 72 valence electrons. The Labute approximate surface area is 76.5 Å². The molecule has 0 aromatic carbocycles. The lowest BCUT2D eigenvalue weighted by Gasteiger charge is -2.08. The van der Waals surface area contributed by atoms with Gasteiger partial charge in [0.1, 0.15) is 0 Å². The fourth-order valence-corrected chi connectivity index (χ4v) is 1.04. The molecule has 13 heavy (non-hydrogen) atoms. The average Bonchev–Trinajstić information content (AvgIpc) is 2.49. The minimum absolute atomic E-state index is 0.204. The second-order valence-electron chi connectivity index (χ2n) is 2.92. The van der Waals surface area contributed by atoms with Crippen molar-refractivity contribution in [3.05, 3.63) is 12.4 Å². The van der Waals surface area contributed by atoms with E-state index in [-0.39, 0.29) is 11.9 Å². The van der Waals surface area contributed by atoms with Gasteiger partial charge in [0, 0.05) is 6.20 Å². The Morgan fingerprint density at radius 2 is 2.54 bits per heavy atom. The first kappa shape index (κ1) is 9.57. The molecule has 1 aromatic rings. The van der Waals surface area contributed by atoms with E-state index in [1.165, 1.54) is 7.11 Å². The highest BCUT2D eigenvalue weighted by atomic mass is 16.5. The summed E-state index contributed by atoms with van der Waals surface area (Å²) < 4.78 is 6.20. The lowest BCUT2D eigenvalue weighted by molar-refractivity contribution is -0.145. The topological polar surface area (TPSA) is 70.1 Å². The van der Waals surface area contributed by atoms with Crippen LogP contribution >= 0.6 is 0 Å². The number of ether oxygens (including phenoxy) is 1. The molecule has 1 aromatic heterocycles. The number of anilines is 1. The Morgan fingerprint density at radius 1 is 1.85 bits per heavy atom. The van der Waals surface area contributed by atoms with Gasteiger partial charge in [0.2, 0.25) is 0 Å². The molecule has 0 bridgehead atoms. The van der Waals surface area contributed by atoms with E-state index in [2.05, 4.69) is 9.84 Å². The Kier molecular flexibility index (Phi) is 2.89. The molecule has 0 radical (unpaired) electrons. The number of carbonyl (C=O) groups is 1. The third kappa shape index (κ3) is 2.47. The predicted octanol–water partition coefficient (Wildman–Crippen LogP) is 0.274. The van der Waals surface area contributed by atoms with Gasteiger partial charge in [0.15, 0.2) is 0 Å². The fraction of sp³-hybridized carbons (Fsp3) is 0.500. The van der Waals surface area contributed by atoms with Crippen molar-refractivity contribution < 1.29 is 9.53 Å². The SMILES string of the molecule is COC(=O)[C@@H](C)Cn1cc(N)cn1. The van der Waals surface area contributed by atoms with Gasteiger partial charge in [-0.05, 0) is 0 Å². The summed E-state index contributed by atoms with van der Waals surface area (Å²) in [5.41, 5.74) is 6.06. The van der Waals surface area contributed by atoms with Crippen molar-refractivity contribution in [3.8, 4) is 0 Å². The molecule has 0 amide bonds. The van der Waals surface area contributed by atoms with E-state index in [1.807, 2.05) is 0 Å². The molecule has 5 nitrogen and oxygen atoms in total. The van der Waals surface area contributed by atoms with Gasteiger partial charge < -0.3 is 10.5 Å². The molecule has 1 heterocycles. The van der Waals surface area contributed by atoms with Crippen LogP contribution in [0.2, 0.25) is 0 Å². The quantitative estimate of drug-likeness (QED) is 0.683. The standard InChI is InChI=1S/C8H13N3O2/c1-6(8(12)13-2)4-11-5-7(9)3-10-11/h3,5-6H,4,9H2,1-2H3/t6-/m0/s1. The van der Waals surface area contributed by atoms with Crippen LogP contribution in [0.1, 0.15) is 6.92 Å². The smallest absolute Gasteiger partial charge is 0.310 e. The summed E-state index contributed by atoms with van der Waals surface area (Å²) in [5.74, 6) is -0.446. The number of nitrogens with two attached hydrogens (primary N) is 1. The van der Waals surface area contributed by atoms with Crippen LogP contribution in [-0.2, 0) is 16.1 Å². The van der Waals surface area contributed by atoms with Crippen molar-refractivity contribution in [3.63, 3.8) is 0 Å². The predicted molar refractivity (Wildman–Crippen MR) is 47.8 cm³/mol. The lowest BCUT2D eigenvalue weighted by atomic mass is 10.2. The second kappa shape index (κ2) is 3.93. The number of carbonyl (C=O) groups excluding carboxylic acids is 1. The van der Waals surface area contributed by atoms with Gasteiger partial charge in [-0.1, -0.05) is 6.92 Å². The molecular formula is C8H13N3O2. The number of aromatic nitrogens is 2. The van der Waals surface area contributed by atoms with Crippen molar-refractivity contribution in [2.24, 2.45) is 5.92 Å². The molecule has 0 unspecified atom stereocenters. The first-order valence-electron chi connectivity index (χ1n) is 3.99. The maximum absolute atomic E-state index is 11.0. The fourth-order valence-electron chi connectivity index (χ4n) is 1.04. The van der Waals surface area contributed by atoms with E-state index in [0.717, 1.165) is 0 Å². The first-order valence-corrected chi connectivity index (χ1v) is 3.99. The zero-order chi connectivity index (χ0) is 9.84. The van der Waals surface area contributed by atoms with Crippen LogP contribution in [-0.4, -0.2) is 22.9 Å². The van der Waals surface area contributed by atoms with Gasteiger partial charge in [0.25, 0.3) is 0 Å². The molecule has 5 heteroatoms. The van der Waals surface area contributed by atoms with E-state index in [1.54, 1.807) is 24.0 Å². The zero-order valence-corrected chi connectivity index (χ0v) is 7.73. The summed E-state index contributed by atoms with van der Waals surface area (Å²) in [6, 6.07) is 0. The van der Waals surface area contributed by atoms with Crippen LogP contribution in [0.25, 0.3) is 0 Å². The summed E-state index contributed by atoms with van der Waals surface area (Å²) in [7, 11) is 1.37. The van der Waals surface area contributed by atoms with E-state index in [4.69, 9.17) is 5.73 Å². The van der Waals surface area contributed by atoms with E-state index in [9.17, 15) is 4.79 Å². The summed E-state index contributed by atoms with van der Waals surface area (Å²) in [4.78, 5) is 11.0. The maximum atomic E-state index is 11.0. The number of esters is 1. The zero-order valence-electron chi connectivity index (χ0n) is 7.73. The highest BCUT2D eigenvalue weighted by Crippen LogP contribution is 2.04. The maximum Gasteiger partial charge on any atom is 0.310 e. The molecule has 0 spiro atoms. The molecular weight excluding hydrogens is 170 g/mol. The molecule has 0 saturated carbocycles. The third-order valence-electron chi connectivity index (χ3n) is 1.72. The van der Waals surface area contributed by atoms with Gasteiger partial charge >= 0.3 is 5.97 Å². The number of rotatable bonds is 3. The number of hydrogen-bond donors (Lipinski definition) is 1. The molecule has 0 fully saturated rings. The minimum Gasteiger partial charge on any atom is -0.469 e. The van der Waals surface area contributed by atoms with Crippen molar-refractivity contribution in [2.75, 3.05) is 12.8 Å². The molecule has 0 aliphatic carbocycles. The summed E-state index contributed by atoms with van der Waals surface area (Å²) >= 11 is 0. The Hall–Kier alpha value is -1.52. The van der Waals surface area contributed by atoms with E-state index in [0.29, 0.717) is 12.2 Å². The van der Waals surface area contributed by atoms with Crippen LogP contribution in [0.5, 0.6) is 0 Å². The van der Waals surface area contributed by atoms with Gasteiger partial charge in [0.05, 0.1) is 31.5 Å². The molecule has 2 N–H and O–H groups in total. The molecule has 1 rings (SSSR count). The Morgan fingerprint density at radius 3 is 3.00 bits per heavy atom. The van der Waals surface area contributed by atoms with Crippen LogP contribution in [0.4, 0.5) is 5.69 Å². The van der Waals surface area contributed by atoms with E-state index < -0.39 is 0 Å². The molecule has 0 saturated heterocycles. The Bertz CT molecular complexity index is 295. The van der Waals surface area contributed by atoms with Crippen molar-refractivity contribution in [1.29, 1.82) is 0 Å². The first-order chi connectivity index (χ1) is 6.13. The molecule has 1 atom stereocenters. The van der Waals surface area contributed by atoms with Crippen molar-refractivity contribution in [1.82, 2.24) is 9.78 Å². The van der Waals surface area contributed by atoms with Gasteiger partial charge in [-0.15, -0.1) is 0 Å². The van der Waals surface area contributed by atoms with Gasteiger partial charge in [-0.2, -0.15) is 5.10 Å². The Balaban J connectivity index is 2.54. The van der Waals surface area contributed by atoms with Crippen molar-refractivity contribution >= 4 is 11.7 Å². The highest BCUT2D eigenvalue weighted by Gasteiger charge is 2.13. The number of nitrogen functional groups attached to an aromatic ring is 1. The van der Waals surface area contributed by atoms with Crippen LogP contribution < -0.4 is 5.73 Å². The normalized spacial score (nSPS) is 12.5. The summed E-state index contributed by atoms with van der Waals surface area (Å²) in [6.07, 6.45) is 3.23. The van der Waals surface area contributed by atoms with Crippen LogP contribution in [0.15, 0.2) is 12.4 Å². The number of methoxy groups -OCH3 is 1. The summed E-state index contributed by atoms with van der Waals surface area (Å²) in [5, 5.41) is 3.96. The largest absolute Gasteiger partial charge is 0.469 e.